The van der Waals surface area contributed by atoms with Gasteiger partial charge in [0.15, 0.2) is 0 Å². The zero-order valence-electron chi connectivity index (χ0n) is 15.0. The van der Waals surface area contributed by atoms with E-state index in [9.17, 15) is 0 Å². The molecular weight excluding hydrogens is 400 g/mol. The number of hydrogen-bond acceptors (Lipinski definition) is 3. The smallest absolute Gasteiger partial charge is 0.221 e. The van der Waals surface area contributed by atoms with Crippen LogP contribution in [-0.2, 0) is 5.72 Å². The van der Waals surface area contributed by atoms with Crippen molar-refractivity contribution < 1.29 is 4.74 Å². The van der Waals surface area contributed by atoms with Crippen molar-refractivity contribution in [1.29, 1.82) is 0 Å². The molecule has 2 heterocycles. The van der Waals surface area contributed by atoms with Crippen LogP contribution in [0.4, 0.5) is 0 Å². The average Bonchev–Trinajstić information content (AvgIpc) is 3.16. The molecule has 3 aromatic carbocycles. The lowest BCUT2D eigenvalue weighted by atomic mass is 9.92. The van der Waals surface area contributed by atoms with E-state index < -0.39 is 5.72 Å². The Labute approximate surface area is 167 Å². The number of rotatable bonds is 2. The molecule has 3 nitrogen and oxygen atoms in total. The summed E-state index contributed by atoms with van der Waals surface area (Å²) >= 11 is 3.53. The predicted molar refractivity (Wildman–Crippen MR) is 111 cm³/mol. The number of fused-ring (bicyclic) bond motifs is 3. The number of hydrogen-bond donors (Lipinski definition) is 0. The molecule has 5 rings (SSSR count). The fourth-order valence-corrected chi connectivity index (χ4v) is 4.28. The van der Waals surface area contributed by atoms with Crippen LogP contribution in [0, 0.1) is 0 Å². The molecule has 0 amide bonds. The van der Waals surface area contributed by atoms with Crippen molar-refractivity contribution in [3.63, 3.8) is 0 Å². The highest BCUT2D eigenvalue weighted by atomic mass is 79.9. The summed E-state index contributed by atoms with van der Waals surface area (Å²) in [4.78, 5) is 0. The van der Waals surface area contributed by atoms with Crippen molar-refractivity contribution in [2.75, 3.05) is 0 Å². The standard InChI is InChI=1S/C23H19BrN2O/c1-23(17-11-13-18(24)14-12-17)26-21(19-9-5-6-10-22(19)27-23)15-20(25-26)16-7-3-2-4-8-16/h2-14,21H,15H2,1H3/t21-,23+/m1/s1. The van der Waals surface area contributed by atoms with Crippen LogP contribution in [0.3, 0.4) is 0 Å². The third kappa shape index (κ3) is 2.67. The van der Waals surface area contributed by atoms with Gasteiger partial charge in [-0.3, -0.25) is 0 Å². The highest BCUT2D eigenvalue weighted by molar-refractivity contribution is 9.10. The molecule has 0 radical (unpaired) electrons. The highest BCUT2D eigenvalue weighted by Gasteiger charge is 2.48. The van der Waals surface area contributed by atoms with Gasteiger partial charge < -0.3 is 4.74 Å². The molecule has 134 valence electrons. The van der Waals surface area contributed by atoms with Gasteiger partial charge in [0.1, 0.15) is 5.75 Å². The van der Waals surface area contributed by atoms with E-state index in [0.717, 1.165) is 27.9 Å². The van der Waals surface area contributed by atoms with Gasteiger partial charge in [-0.2, -0.15) is 5.10 Å². The minimum atomic E-state index is -0.656. The van der Waals surface area contributed by atoms with Crippen LogP contribution in [0.15, 0.2) is 88.4 Å². The number of benzene rings is 3. The third-order valence-electron chi connectivity index (χ3n) is 5.42. The van der Waals surface area contributed by atoms with Crippen molar-refractivity contribution in [3.8, 4) is 5.75 Å². The lowest BCUT2D eigenvalue weighted by molar-refractivity contribution is -0.112. The second kappa shape index (κ2) is 6.24. The molecule has 4 heteroatoms. The molecule has 0 unspecified atom stereocenters. The van der Waals surface area contributed by atoms with E-state index in [1.54, 1.807) is 0 Å². The van der Waals surface area contributed by atoms with Crippen LogP contribution >= 0.6 is 15.9 Å². The van der Waals surface area contributed by atoms with Gasteiger partial charge in [-0.05, 0) is 23.8 Å². The summed E-state index contributed by atoms with van der Waals surface area (Å²) in [6, 6.07) is 27.2. The van der Waals surface area contributed by atoms with E-state index in [4.69, 9.17) is 9.84 Å². The van der Waals surface area contributed by atoms with Gasteiger partial charge in [-0.1, -0.05) is 76.6 Å². The van der Waals surface area contributed by atoms with Crippen LogP contribution in [0.2, 0.25) is 0 Å². The molecule has 0 saturated heterocycles. The number of para-hydroxylation sites is 1. The van der Waals surface area contributed by atoms with Gasteiger partial charge in [-0.25, -0.2) is 5.01 Å². The van der Waals surface area contributed by atoms with E-state index in [2.05, 4.69) is 94.6 Å². The van der Waals surface area contributed by atoms with Gasteiger partial charge in [0.25, 0.3) is 0 Å². The zero-order valence-corrected chi connectivity index (χ0v) is 16.6. The van der Waals surface area contributed by atoms with Crippen molar-refractivity contribution in [2.24, 2.45) is 5.10 Å². The zero-order chi connectivity index (χ0) is 18.4. The molecule has 0 spiro atoms. The van der Waals surface area contributed by atoms with Crippen molar-refractivity contribution in [1.82, 2.24) is 5.01 Å². The van der Waals surface area contributed by atoms with Gasteiger partial charge in [0.2, 0.25) is 5.72 Å². The lowest BCUT2D eigenvalue weighted by Crippen LogP contribution is -2.48. The molecule has 2 aliphatic rings. The fraction of sp³-hybridized carbons (Fsp3) is 0.174. The molecule has 3 aromatic rings. The monoisotopic (exact) mass is 418 g/mol. The Hall–Kier alpha value is -2.59. The minimum Gasteiger partial charge on any atom is -0.462 e. The van der Waals surface area contributed by atoms with E-state index in [1.165, 1.54) is 11.1 Å². The first-order valence-electron chi connectivity index (χ1n) is 9.11. The SMILES string of the molecule is C[C@@]1(c2ccc(Br)cc2)Oc2ccccc2[C@H]2CC(c3ccccc3)=NN21. The molecule has 27 heavy (non-hydrogen) atoms. The summed E-state index contributed by atoms with van der Waals surface area (Å²) in [5, 5.41) is 7.18. The summed E-state index contributed by atoms with van der Waals surface area (Å²) < 4.78 is 7.60. The topological polar surface area (TPSA) is 24.8 Å². The maximum atomic E-state index is 6.55. The summed E-state index contributed by atoms with van der Waals surface area (Å²) in [5.74, 6) is 0.939. The Morgan fingerprint density at radius 1 is 0.963 bits per heavy atom. The summed E-state index contributed by atoms with van der Waals surface area (Å²) in [7, 11) is 0. The van der Waals surface area contributed by atoms with E-state index in [0.29, 0.717) is 0 Å². The Bertz CT molecular complexity index is 1020. The fourth-order valence-electron chi connectivity index (χ4n) is 4.01. The molecule has 0 aromatic heterocycles. The first-order chi connectivity index (χ1) is 13.1. The van der Waals surface area contributed by atoms with Crippen molar-refractivity contribution >= 4 is 21.6 Å². The average molecular weight is 419 g/mol. The van der Waals surface area contributed by atoms with Crippen LogP contribution in [-0.4, -0.2) is 10.7 Å². The second-order valence-corrected chi connectivity index (χ2v) is 8.02. The number of ether oxygens (including phenoxy) is 1. The molecule has 0 saturated carbocycles. The summed E-state index contributed by atoms with van der Waals surface area (Å²) in [6.07, 6.45) is 0.872. The Morgan fingerprint density at radius 2 is 1.67 bits per heavy atom. The second-order valence-electron chi connectivity index (χ2n) is 7.11. The van der Waals surface area contributed by atoms with E-state index in [1.807, 2.05) is 12.1 Å². The van der Waals surface area contributed by atoms with Crippen LogP contribution < -0.4 is 4.74 Å². The lowest BCUT2D eigenvalue weighted by Gasteiger charge is -2.46. The molecule has 0 bridgehead atoms. The van der Waals surface area contributed by atoms with Crippen LogP contribution in [0.1, 0.15) is 36.1 Å². The van der Waals surface area contributed by atoms with Gasteiger partial charge in [0.05, 0.1) is 11.8 Å². The molecule has 2 aliphatic heterocycles. The number of halogens is 1. The van der Waals surface area contributed by atoms with Crippen molar-refractivity contribution in [3.05, 3.63) is 100 Å². The molecule has 0 aliphatic carbocycles. The molecule has 0 N–H and O–H groups in total. The number of nitrogens with zero attached hydrogens (tertiary/aromatic N) is 2. The van der Waals surface area contributed by atoms with Crippen LogP contribution in [0.25, 0.3) is 0 Å². The summed E-state index contributed by atoms with van der Waals surface area (Å²) in [5.41, 5.74) is 3.90. The molecular formula is C23H19BrN2O. The van der Waals surface area contributed by atoms with Gasteiger partial charge in [0, 0.05) is 28.9 Å². The Morgan fingerprint density at radius 3 is 2.44 bits per heavy atom. The largest absolute Gasteiger partial charge is 0.462 e. The van der Waals surface area contributed by atoms with Gasteiger partial charge >= 0.3 is 0 Å². The quantitative estimate of drug-likeness (QED) is 0.519. The normalized spacial score (nSPS) is 23.3. The molecule has 2 atom stereocenters. The minimum absolute atomic E-state index is 0.166. The third-order valence-corrected chi connectivity index (χ3v) is 5.95. The number of hydrazone groups is 1. The first-order valence-corrected chi connectivity index (χ1v) is 9.91. The van der Waals surface area contributed by atoms with E-state index in [-0.39, 0.29) is 6.04 Å². The predicted octanol–water partition coefficient (Wildman–Crippen LogP) is 5.87. The van der Waals surface area contributed by atoms with Gasteiger partial charge in [-0.15, -0.1) is 0 Å². The molecule has 0 fully saturated rings. The maximum absolute atomic E-state index is 6.55. The van der Waals surface area contributed by atoms with Crippen LogP contribution in [0.5, 0.6) is 5.75 Å². The maximum Gasteiger partial charge on any atom is 0.221 e. The Kier molecular flexibility index (Phi) is 3.83. The summed E-state index contributed by atoms with van der Waals surface area (Å²) in [6.45, 7) is 2.11. The first kappa shape index (κ1) is 16.6. The van der Waals surface area contributed by atoms with Crippen molar-refractivity contribution in [2.45, 2.75) is 25.1 Å². The van der Waals surface area contributed by atoms with E-state index >= 15 is 0 Å². The Balaban J connectivity index is 1.65. The highest BCUT2D eigenvalue weighted by Crippen LogP contribution is 2.50.